The van der Waals surface area contributed by atoms with E-state index in [4.69, 9.17) is 15.8 Å². The van der Waals surface area contributed by atoms with Crippen molar-refractivity contribution >= 4 is 0 Å². The molecule has 0 saturated carbocycles. The fraction of sp³-hybridized carbons (Fsp3) is 1.00. The summed E-state index contributed by atoms with van der Waals surface area (Å²) in [6.07, 6.45) is -0.626. The van der Waals surface area contributed by atoms with Crippen molar-refractivity contribution in [1.29, 1.82) is 0 Å². The van der Waals surface area contributed by atoms with E-state index in [0.717, 1.165) is 0 Å². The van der Waals surface area contributed by atoms with Crippen LogP contribution in [0.15, 0.2) is 10.2 Å². The Balaban J connectivity index is 2.57. The predicted molar refractivity (Wildman–Crippen MR) is 36.4 cm³/mol. The highest BCUT2D eigenvalue weighted by atomic mass is 16.5. The molecule has 7 heteroatoms. The summed E-state index contributed by atoms with van der Waals surface area (Å²) in [7, 11) is 0. The molecule has 0 amide bonds. The fourth-order valence-electron chi connectivity index (χ4n) is 0.744. The van der Waals surface area contributed by atoms with Gasteiger partial charge in [-0.3, -0.25) is 0 Å². The summed E-state index contributed by atoms with van der Waals surface area (Å²) < 4.78 is 4.84. The van der Waals surface area contributed by atoms with E-state index >= 15 is 0 Å². The Bertz CT molecular complexity index is 205. The zero-order valence-corrected chi connectivity index (χ0v) is 5.66. The molecule has 58 valence electrons. The number of rotatable bonds is 3. The Labute approximate surface area is 62.2 Å². The van der Waals surface area contributed by atoms with Gasteiger partial charge in [-0.1, -0.05) is 10.2 Å². The summed E-state index contributed by atoms with van der Waals surface area (Å²) in [6, 6.07) is 0. The molecule has 0 radical (unpaired) electrons. The standard InChI is InChI=1S/C4H6N6O/c5-9-7-4(8-10-6)3-1-11-2-3/h3-4H,1-2H2. The second-order valence-corrected chi connectivity index (χ2v) is 2.12. The average molecular weight is 154 g/mol. The molecule has 0 atom stereocenters. The van der Waals surface area contributed by atoms with Gasteiger partial charge in [0.1, 0.15) is 6.17 Å². The van der Waals surface area contributed by atoms with Crippen LogP contribution in [-0.2, 0) is 4.74 Å². The summed E-state index contributed by atoms with van der Waals surface area (Å²) >= 11 is 0. The van der Waals surface area contributed by atoms with Crippen LogP contribution in [0.4, 0.5) is 0 Å². The molecule has 0 aliphatic carbocycles. The van der Waals surface area contributed by atoms with E-state index in [1.165, 1.54) is 0 Å². The maximum atomic E-state index is 8.07. The van der Waals surface area contributed by atoms with Gasteiger partial charge < -0.3 is 4.74 Å². The third kappa shape index (κ3) is 1.75. The Morgan fingerprint density at radius 3 is 2.09 bits per heavy atom. The lowest BCUT2D eigenvalue weighted by atomic mass is 10.1. The van der Waals surface area contributed by atoms with Crippen LogP contribution in [0.5, 0.6) is 0 Å². The lowest BCUT2D eigenvalue weighted by Gasteiger charge is -2.28. The highest BCUT2D eigenvalue weighted by molar-refractivity contribution is 4.79. The van der Waals surface area contributed by atoms with Gasteiger partial charge in [-0.15, -0.1) is 0 Å². The molecular weight excluding hydrogens is 148 g/mol. The van der Waals surface area contributed by atoms with Crippen molar-refractivity contribution in [3.63, 3.8) is 0 Å². The molecular formula is C4H6N6O. The number of azide groups is 1. The zero-order valence-electron chi connectivity index (χ0n) is 5.66. The minimum absolute atomic E-state index is 0.0572. The van der Waals surface area contributed by atoms with Crippen LogP contribution in [-0.4, -0.2) is 19.4 Å². The van der Waals surface area contributed by atoms with Gasteiger partial charge in [-0.05, 0) is 11.1 Å². The molecule has 11 heavy (non-hydrogen) atoms. The highest BCUT2D eigenvalue weighted by Gasteiger charge is 2.26. The van der Waals surface area contributed by atoms with Gasteiger partial charge in [0.05, 0.1) is 13.2 Å². The van der Waals surface area contributed by atoms with Crippen LogP contribution >= 0.6 is 0 Å². The highest BCUT2D eigenvalue weighted by Crippen LogP contribution is 2.18. The van der Waals surface area contributed by atoms with Crippen molar-refractivity contribution in [1.82, 2.24) is 0 Å². The molecule has 0 aromatic rings. The number of ether oxygens (including phenoxy) is 1. The first-order chi connectivity index (χ1) is 5.38. The first kappa shape index (κ1) is 7.68. The molecule has 0 aromatic carbocycles. The van der Waals surface area contributed by atoms with Gasteiger partial charge in [-0.25, -0.2) is 0 Å². The topological polar surface area (TPSA) is 107 Å². The van der Waals surface area contributed by atoms with Gasteiger partial charge >= 0.3 is 0 Å². The molecule has 1 saturated heterocycles. The minimum atomic E-state index is -0.626. The average Bonchev–Trinajstić information content (AvgIpc) is 1.85. The van der Waals surface area contributed by atoms with E-state index in [1.807, 2.05) is 0 Å². The largest absolute Gasteiger partial charge is 0.381 e. The Kier molecular flexibility index (Phi) is 2.57. The maximum Gasteiger partial charge on any atom is 0.123 e. The van der Waals surface area contributed by atoms with Gasteiger partial charge in [0.15, 0.2) is 0 Å². The first-order valence-electron chi connectivity index (χ1n) is 3.04. The maximum absolute atomic E-state index is 8.07. The quantitative estimate of drug-likeness (QED) is 0.343. The predicted octanol–water partition coefficient (Wildman–Crippen LogP) is 1.58. The van der Waals surface area contributed by atoms with Crippen molar-refractivity contribution in [2.45, 2.75) is 6.17 Å². The van der Waals surface area contributed by atoms with Gasteiger partial charge in [0, 0.05) is 15.7 Å². The monoisotopic (exact) mass is 154 g/mol. The summed E-state index contributed by atoms with van der Waals surface area (Å²) in [4.78, 5) is 5.12. The summed E-state index contributed by atoms with van der Waals surface area (Å²) in [6.45, 7) is 1.01. The van der Waals surface area contributed by atoms with Crippen molar-refractivity contribution in [2.24, 2.45) is 16.1 Å². The Morgan fingerprint density at radius 2 is 1.82 bits per heavy atom. The molecule has 1 heterocycles. The number of hydrogen-bond acceptors (Lipinski definition) is 3. The summed E-state index contributed by atoms with van der Waals surface area (Å²) in [5.41, 5.74) is 16.1. The Hall–Kier alpha value is -1.42. The number of hydrogen-bond donors (Lipinski definition) is 0. The van der Waals surface area contributed by atoms with Crippen LogP contribution in [0.3, 0.4) is 0 Å². The normalized spacial score (nSPS) is 18.9. The van der Waals surface area contributed by atoms with Crippen LogP contribution in [0, 0.1) is 5.92 Å². The molecule has 1 aliphatic rings. The SMILES string of the molecule is [N-]=[N+]=NC(N=[N+]=[N-])C1COC1. The van der Waals surface area contributed by atoms with Crippen molar-refractivity contribution in [3.8, 4) is 0 Å². The second kappa shape index (κ2) is 3.68. The smallest absolute Gasteiger partial charge is 0.123 e. The van der Waals surface area contributed by atoms with Crippen LogP contribution < -0.4 is 0 Å². The van der Waals surface area contributed by atoms with E-state index in [1.54, 1.807) is 0 Å². The fourth-order valence-corrected chi connectivity index (χ4v) is 0.744. The van der Waals surface area contributed by atoms with Crippen LogP contribution in [0.25, 0.3) is 20.9 Å². The van der Waals surface area contributed by atoms with E-state index in [9.17, 15) is 0 Å². The van der Waals surface area contributed by atoms with E-state index in [-0.39, 0.29) is 5.92 Å². The molecule has 1 fully saturated rings. The molecule has 1 aliphatic heterocycles. The molecule has 0 unspecified atom stereocenters. The van der Waals surface area contributed by atoms with E-state index in [2.05, 4.69) is 20.1 Å². The second-order valence-electron chi connectivity index (χ2n) is 2.12. The van der Waals surface area contributed by atoms with Crippen molar-refractivity contribution in [3.05, 3.63) is 20.9 Å². The van der Waals surface area contributed by atoms with Gasteiger partial charge in [-0.2, -0.15) is 0 Å². The van der Waals surface area contributed by atoms with E-state index < -0.39 is 6.17 Å². The summed E-state index contributed by atoms with van der Waals surface area (Å²) in [5.74, 6) is 0.0572. The zero-order chi connectivity index (χ0) is 8.10. The first-order valence-corrected chi connectivity index (χ1v) is 3.04. The van der Waals surface area contributed by atoms with Crippen LogP contribution in [0.2, 0.25) is 0 Å². The Morgan fingerprint density at radius 1 is 1.27 bits per heavy atom. The van der Waals surface area contributed by atoms with Crippen LogP contribution in [0.1, 0.15) is 0 Å². The van der Waals surface area contributed by atoms with Crippen molar-refractivity contribution < 1.29 is 4.74 Å². The third-order valence-corrected chi connectivity index (χ3v) is 1.43. The molecule has 1 rings (SSSR count). The molecule has 0 aromatic heterocycles. The van der Waals surface area contributed by atoms with Crippen molar-refractivity contribution in [2.75, 3.05) is 13.2 Å². The summed E-state index contributed by atoms with van der Waals surface area (Å²) in [5, 5.41) is 6.63. The molecule has 0 bridgehead atoms. The lowest BCUT2D eigenvalue weighted by Crippen LogP contribution is -2.35. The lowest BCUT2D eigenvalue weighted by molar-refractivity contribution is -0.0424. The molecule has 7 nitrogen and oxygen atoms in total. The third-order valence-electron chi connectivity index (χ3n) is 1.43. The van der Waals surface area contributed by atoms with Gasteiger partial charge in [0.25, 0.3) is 0 Å². The van der Waals surface area contributed by atoms with E-state index in [0.29, 0.717) is 13.2 Å². The number of nitrogens with zero attached hydrogens (tertiary/aromatic N) is 6. The molecule has 0 spiro atoms. The minimum Gasteiger partial charge on any atom is -0.381 e. The van der Waals surface area contributed by atoms with Gasteiger partial charge in [0.2, 0.25) is 0 Å². The molecule has 0 N–H and O–H groups in total.